The maximum Gasteiger partial charge on any atom is 0.329 e. The van der Waals surface area contributed by atoms with E-state index in [0.29, 0.717) is 26.0 Å². The van der Waals surface area contributed by atoms with Gasteiger partial charge in [0.2, 0.25) is 0 Å². The standard InChI is InChI=1S/C27H56NO6P/c1-5-7-8-9-10-11-12-13-14-15-16-17-18-19-22-32-24-26(34-27(29)20-6-2)25-33-35(30,31)23-21-28(3)4/h26H,5-25H2,1-4H3,(H,30,31). The second-order valence-electron chi connectivity index (χ2n) is 9.99. The predicted molar refractivity (Wildman–Crippen MR) is 145 cm³/mol. The smallest absolute Gasteiger partial charge is 0.329 e. The van der Waals surface area contributed by atoms with Gasteiger partial charge in [0.25, 0.3) is 0 Å². The molecule has 35 heavy (non-hydrogen) atoms. The summed E-state index contributed by atoms with van der Waals surface area (Å²) in [4.78, 5) is 23.7. The molecule has 1 N–H and O–H groups in total. The molecule has 0 amide bonds. The summed E-state index contributed by atoms with van der Waals surface area (Å²) in [6.07, 6.45) is 18.7. The Labute approximate surface area is 216 Å². The molecule has 2 unspecified atom stereocenters. The van der Waals surface area contributed by atoms with Gasteiger partial charge in [-0.3, -0.25) is 9.36 Å². The number of ether oxygens (including phenoxy) is 2. The summed E-state index contributed by atoms with van der Waals surface area (Å²) in [7, 11) is -0.0561. The third-order valence-corrected chi connectivity index (χ3v) is 7.31. The Morgan fingerprint density at radius 3 is 1.80 bits per heavy atom. The minimum Gasteiger partial charge on any atom is -0.457 e. The first-order valence-corrected chi connectivity index (χ1v) is 15.9. The molecular weight excluding hydrogens is 465 g/mol. The topological polar surface area (TPSA) is 85.3 Å². The third kappa shape index (κ3) is 25.0. The Hall–Kier alpha value is -0.460. The summed E-state index contributed by atoms with van der Waals surface area (Å²) in [6, 6.07) is 0. The van der Waals surface area contributed by atoms with Crippen molar-refractivity contribution in [2.24, 2.45) is 0 Å². The van der Waals surface area contributed by atoms with Gasteiger partial charge in [0.15, 0.2) is 0 Å². The van der Waals surface area contributed by atoms with Crippen LogP contribution in [0, 0.1) is 0 Å². The summed E-state index contributed by atoms with van der Waals surface area (Å²) in [5, 5.41) is 0. The van der Waals surface area contributed by atoms with Gasteiger partial charge in [-0.15, -0.1) is 0 Å². The van der Waals surface area contributed by atoms with Crippen LogP contribution in [0.4, 0.5) is 0 Å². The lowest BCUT2D eigenvalue weighted by Gasteiger charge is -2.21. The molecule has 0 saturated carbocycles. The zero-order valence-corrected chi connectivity index (χ0v) is 24.2. The van der Waals surface area contributed by atoms with Crippen molar-refractivity contribution in [1.82, 2.24) is 4.90 Å². The Kier molecular flexibility index (Phi) is 23.6. The van der Waals surface area contributed by atoms with Gasteiger partial charge in [0, 0.05) is 19.6 Å². The predicted octanol–water partition coefficient (Wildman–Crippen LogP) is 6.96. The molecule has 0 aliphatic carbocycles. The molecule has 7 nitrogen and oxygen atoms in total. The summed E-state index contributed by atoms with van der Waals surface area (Å²) < 4.78 is 28.5. The molecule has 0 aromatic rings. The first-order valence-electron chi connectivity index (χ1n) is 14.2. The van der Waals surface area contributed by atoms with Crippen molar-refractivity contribution in [2.75, 3.05) is 46.6 Å². The monoisotopic (exact) mass is 521 g/mol. The minimum atomic E-state index is -3.72. The highest BCUT2D eigenvalue weighted by molar-refractivity contribution is 7.52. The lowest BCUT2D eigenvalue weighted by molar-refractivity contribution is -0.154. The third-order valence-electron chi connectivity index (χ3n) is 5.99. The SMILES string of the molecule is CCCCCCCCCCCCCCCCOCC(COP(=O)(O)CCN(C)C)OC(=O)CCC. The number of hydrogen-bond donors (Lipinski definition) is 1. The van der Waals surface area contributed by atoms with E-state index in [-0.39, 0.29) is 25.3 Å². The van der Waals surface area contributed by atoms with Crippen molar-refractivity contribution in [3.05, 3.63) is 0 Å². The van der Waals surface area contributed by atoms with Gasteiger partial charge < -0.3 is 23.8 Å². The van der Waals surface area contributed by atoms with Crippen LogP contribution in [0.1, 0.15) is 117 Å². The number of unbranched alkanes of at least 4 members (excludes halogenated alkanes) is 13. The maximum atomic E-state index is 12.2. The van der Waals surface area contributed by atoms with Crippen LogP contribution in [0.2, 0.25) is 0 Å². The van der Waals surface area contributed by atoms with Gasteiger partial charge in [-0.1, -0.05) is 97.3 Å². The Morgan fingerprint density at radius 1 is 0.800 bits per heavy atom. The van der Waals surface area contributed by atoms with Crippen molar-refractivity contribution < 1.29 is 28.3 Å². The molecule has 0 aliphatic rings. The lowest BCUT2D eigenvalue weighted by atomic mass is 10.0. The fourth-order valence-electron chi connectivity index (χ4n) is 3.77. The molecular formula is C27H56NO6P. The van der Waals surface area contributed by atoms with Gasteiger partial charge in [0.1, 0.15) is 6.10 Å². The van der Waals surface area contributed by atoms with Crippen LogP contribution in [0.15, 0.2) is 0 Å². The Balaban J connectivity index is 3.87. The van der Waals surface area contributed by atoms with E-state index in [2.05, 4.69) is 6.92 Å². The highest BCUT2D eigenvalue weighted by Crippen LogP contribution is 2.41. The number of esters is 1. The van der Waals surface area contributed by atoms with E-state index in [1.807, 2.05) is 25.9 Å². The van der Waals surface area contributed by atoms with Crippen LogP contribution in [-0.2, 0) is 23.4 Å². The largest absolute Gasteiger partial charge is 0.457 e. The Morgan fingerprint density at radius 2 is 1.31 bits per heavy atom. The van der Waals surface area contributed by atoms with Gasteiger partial charge in [-0.25, -0.2) is 0 Å². The van der Waals surface area contributed by atoms with E-state index in [1.165, 1.54) is 77.0 Å². The van der Waals surface area contributed by atoms with Crippen LogP contribution < -0.4 is 0 Å². The normalized spacial score (nSPS) is 14.2. The van der Waals surface area contributed by atoms with Gasteiger partial charge in [-0.05, 0) is 26.9 Å². The van der Waals surface area contributed by atoms with Crippen molar-refractivity contribution in [3.63, 3.8) is 0 Å². The number of carbonyl (C=O) groups is 1. The van der Waals surface area contributed by atoms with Crippen LogP contribution in [-0.4, -0.2) is 68.5 Å². The van der Waals surface area contributed by atoms with Crippen LogP contribution in [0.25, 0.3) is 0 Å². The number of nitrogens with zero attached hydrogens (tertiary/aromatic N) is 1. The van der Waals surface area contributed by atoms with Crippen LogP contribution in [0.5, 0.6) is 0 Å². The van der Waals surface area contributed by atoms with E-state index in [1.54, 1.807) is 0 Å². The van der Waals surface area contributed by atoms with Crippen molar-refractivity contribution in [3.8, 4) is 0 Å². The van der Waals surface area contributed by atoms with Gasteiger partial charge in [0.05, 0.1) is 19.4 Å². The van der Waals surface area contributed by atoms with Crippen LogP contribution in [0.3, 0.4) is 0 Å². The second kappa shape index (κ2) is 23.9. The molecule has 0 radical (unpaired) electrons. The van der Waals surface area contributed by atoms with Crippen molar-refractivity contribution in [2.45, 2.75) is 123 Å². The molecule has 8 heteroatoms. The first-order chi connectivity index (χ1) is 16.8. The first kappa shape index (κ1) is 34.5. The number of carbonyl (C=O) groups excluding carboxylic acids is 1. The minimum absolute atomic E-state index is 0.0372. The quantitative estimate of drug-likeness (QED) is 0.0748. The number of rotatable bonds is 26. The summed E-state index contributed by atoms with van der Waals surface area (Å²) in [5.41, 5.74) is 0. The second-order valence-corrected chi connectivity index (χ2v) is 12.0. The molecule has 0 rings (SSSR count). The number of hydrogen-bond acceptors (Lipinski definition) is 6. The maximum absolute atomic E-state index is 12.2. The summed E-state index contributed by atoms with van der Waals surface area (Å²) in [6.45, 7) is 5.26. The summed E-state index contributed by atoms with van der Waals surface area (Å²) >= 11 is 0. The zero-order valence-electron chi connectivity index (χ0n) is 23.3. The highest BCUT2D eigenvalue weighted by atomic mass is 31.2. The molecule has 0 fully saturated rings. The van der Waals surface area contributed by atoms with Crippen molar-refractivity contribution >= 4 is 13.6 Å². The van der Waals surface area contributed by atoms with E-state index >= 15 is 0 Å². The van der Waals surface area contributed by atoms with Gasteiger partial charge >= 0.3 is 13.6 Å². The van der Waals surface area contributed by atoms with Crippen LogP contribution >= 0.6 is 7.60 Å². The molecule has 0 heterocycles. The fourth-order valence-corrected chi connectivity index (χ4v) is 4.95. The van der Waals surface area contributed by atoms with E-state index < -0.39 is 13.7 Å². The van der Waals surface area contributed by atoms with Gasteiger partial charge in [-0.2, -0.15) is 0 Å². The molecule has 0 saturated heterocycles. The summed E-state index contributed by atoms with van der Waals surface area (Å²) in [5.74, 6) is -0.331. The average molecular weight is 522 g/mol. The molecule has 0 aliphatic heterocycles. The Bertz CT molecular complexity index is 532. The van der Waals surface area contributed by atoms with Crippen molar-refractivity contribution in [1.29, 1.82) is 0 Å². The molecule has 0 bridgehead atoms. The lowest BCUT2D eigenvalue weighted by Crippen LogP contribution is -2.29. The molecule has 0 spiro atoms. The fraction of sp³-hybridized carbons (Fsp3) is 0.963. The molecule has 0 aromatic carbocycles. The highest BCUT2D eigenvalue weighted by Gasteiger charge is 2.24. The average Bonchev–Trinajstić information content (AvgIpc) is 2.81. The zero-order chi connectivity index (χ0) is 26.2. The van der Waals surface area contributed by atoms with E-state index in [9.17, 15) is 14.3 Å². The molecule has 0 aromatic heterocycles. The molecule has 210 valence electrons. The van der Waals surface area contributed by atoms with E-state index in [4.69, 9.17) is 14.0 Å². The van der Waals surface area contributed by atoms with E-state index in [0.717, 1.165) is 12.8 Å². The molecule has 2 atom stereocenters.